The first kappa shape index (κ1) is 26.1. The molecule has 0 spiro atoms. The lowest BCUT2D eigenvalue weighted by Crippen LogP contribution is -2.31. The van der Waals surface area contributed by atoms with Crippen molar-refractivity contribution in [1.82, 2.24) is 19.5 Å². The molecule has 1 aliphatic carbocycles. The Hall–Kier alpha value is -4.48. The Morgan fingerprint density at radius 1 is 1.05 bits per heavy atom. The molecule has 3 N–H and O–H groups in total. The number of halogens is 3. The number of hydrogen-bond acceptors (Lipinski definition) is 6. The number of amides is 1. The zero-order chi connectivity index (χ0) is 27.7. The monoisotopic (exact) mass is 538 g/mol. The summed E-state index contributed by atoms with van der Waals surface area (Å²) < 4.78 is 40.9. The number of hydrogen-bond donors (Lipinski definition) is 3. The van der Waals surface area contributed by atoms with E-state index in [1.54, 1.807) is 30.3 Å². The van der Waals surface area contributed by atoms with E-state index in [-0.39, 0.29) is 35.4 Å². The highest BCUT2D eigenvalue weighted by molar-refractivity contribution is 6.04. The number of fused-ring (bicyclic) bond motifs is 1. The van der Waals surface area contributed by atoms with Crippen LogP contribution in [0.15, 0.2) is 54.6 Å². The maximum absolute atomic E-state index is 13.4. The van der Waals surface area contributed by atoms with Gasteiger partial charge in [0.05, 0.1) is 12.1 Å². The standard InChI is InChI=1S/C27H25F3N6O3/c1-15(17-6-5-7-17)31-21-20-22(34-23(33-21)26(38)39)35-24(25(37)32-19-8-3-2-4-9-19)36(20)14-16-10-12-18(13-11-16)27(28,29)30/h2-4,8-13,15,17H,5-7,14H2,1H3,(H,32,37)(H,38,39)(H,31,33,34)/t15-/m1/s1. The number of alkyl halides is 3. The number of rotatable bonds is 8. The van der Waals surface area contributed by atoms with Gasteiger partial charge >= 0.3 is 12.1 Å². The minimum atomic E-state index is -4.49. The summed E-state index contributed by atoms with van der Waals surface area (Å²) in [6.45, 7) is 1.94. The molecule has 1 aliphatic rings. The molecular formula is C27H25F3N6O3. The molecule has 39 heavy (non-hydrogen) atoms. The van der Waals surface area contributed by atoms with Crippen LogP contribution in [0, 0.1) is 5.92 Å². The fraction of sp³-hybridized carbons (Fsp3) is 0.296. The normalized spacial score (nSPS) is 14.6. The Bertz CT molecular complexity index is 1520. The molecule has 1 fully saturated rings. The zero-order valence-electron chi connectivity index (χ0n) is 20.9. The van der Waals surface area contributed by atoms with Gasteiger partial charge in [-0.3, -0.25) is 4.79 Å². The molecule has 0 unspecified atom stereocenters. The van der Waals surface area contributed by atoms with Crippen LogP contribution in [-0.4, -0.2) is 42.5 Å². The second kappa shape index (κ2) is 10.4. The molecule has 0 saturated heterocycles. The van der Waals surface area contributed by atoms with E-state index >= 15 is 0 Å². The van der Waals surface area contributed by atoms with Gasteiger partial charge in [-0.25, -0.2) is 19.7 Å². The Morgan fingerprint density at radius 3 is 2.33 bits per heavy atom. The molecule has 2 aromatic carbocycles. The van der Waals surface area contributed by atoms with Gasteiger partial charge in [0.1, 0.15) is 5.52 Å². The minimum absolute atomic E-state index is 0.0177. The van der Waals surface area contributed by atoms with Crippen LogP contribution in [-0.2, 0) is 12.7 Å². The van der Waals surface area contributed by atoms with Gasteiger partial charge in [0.15, 0.2) is 11.5 Å². The number of carbonyl (C=O) groups is 2. The van der Waals surface area contributed by atoms with Crippen LogP contribution in [0.5, 0.6) is 0 Å². The highest BCUT2D eigenvalue weighted by atomic mass is 19.4. The molecule has 1 atom stereocenters. The zero-order valence-corrected chi connectivity index (χ0v) is 20.9. The van der Waals surface area contributed by atoms with Crippen molar-refractivity contribution in [2.45, 2.75) is 44.9 Å². The summed E-state index contributed by atoms with van der Waals surface area (Å²) in [4.78, 5) is 37.8. The average molecular weight is 539 g/mol. The predicted octanol–water partition coefficient (Wildman–Crippen LogP) is 5.44. The predicted molar refractivity (Wildman–Crippen MR) is 138 cm³/mol. The van der Waals surface area contributed by atoms with Crippen molar-refractivity contribution < 1.29 is 27.9 Å². The molecule has 0 aliphatic heterocycles. The van der Waals surface area contributed by atoms with E-state index in [2.05, 4.69) is 25.6 Å². The van der Waals surface area contributed by atoms with E-state index in [0.717, 1.165) is 31.4 Å². The molecule has 1 amide bonds. The Morgan fingerprint density at radius 2 is 1.74 bits per heavy atom. The minimum Gasteiger partial charge on any atom is -0.475 e. The Labute approximate surface area is 221 Å². The van der Waals surface area contributed by atoms with Gasteiger partial charge in [-0.1, -0.05) is 36.8 Å². The SMILES string of the molecule is C[C@@H](Nc1nc(C(=O)O)nc2nc(C(=O)Nc3ccccc3)n(Cc3ccc(C(F)(F)F)cc3)c12)C1CCC1. The Kier molecular flexibility index (Phi) is 6.94. The van der Waals surface area contributed by atoms with Crippen LogP contribution in [0.3, 0.4) is 0 Å². The van der Waals surface area contributed by atoms with Gasteiger partial charge in [0.25, 0.3) is 5.91 Å². The average Bonchev–Trinajstić information content (AvgIpc) is 3.22. The molecule has 1 saturated carbocycles. The van der Waals surface area contributed by atoms with Crippen LogP contribution in [0.4, 0.5) is 24.7 Å². The first-order valence-electron chi connectivity index (χ1n) is 12.4. The molecule has 0 radical (unpaired) electrons. The van der Waals surface area contributed by atoms with Gasteiger partial charge in [0.2, 0.25) is 11.6 Å². The quantitative estimate of drug-likeness (QED) is 0.273. The maximum atomic E-state index is 13.4. The molecule has 2 heterocycles. The second-order valence-electron chi connectivity index (χ2n) is 9.53. The van der Waals surface area contributed by atoms with Crippen LogP contribution < -0.4 is 10.6 Å². The smallest absolute Gasteiger partial charge is 0.416 e. The van der Waals surface area contributed by atoms with Gasteiger partial charge in [-0.2, -0.15) is 13.2 Å². The number of para-hydroxylation sites is 1. The van der Waals surface area contributed by atoms with Gasteiger partial charge < -0.3 is 20.3 Å². The molecule has 202 valence electrons. The van der Waals surface area contributed by atoms with Crippen molar-refractivity contribution in [2.75, 3.05) is 10.6 Å². The fourth-order valence-electron chi connectivity index (χ4n) is 4.52. The van der Waals surface area contributed by atoms with Crippen molar-refractivity contribution in [3.8, 4) is 0 Å². The van der Waals surface area contributed by atoms with Crippen molar-refractivity contribution >= 4 is 34.5 Å². The second-order valence-corrected chi connectivity index (χ2v) is 9.53. The summed E-state index contributed by atoms with van der Waals surface area (Å²) >= 11 is 0. The molecule has 12 heteroatoms. The third-order valence-corrected chi connectivity index (χ3v) is 6.87. The molecule has 2 aromatic heterocycles. The first-order valence-corrected chi connectivity index (χ1v) is 12.4. The number of aromatic carboxylic acids is 1. The number of benzene rings is 2. The summed E-state index contributed by atoms with van der Waals surface area (Å²) in [6.07, 6.45) is -1.35. The van der Waals surface area contributed by atoms with Crippen LogP contribution in [0.25, 0.3) is 11.2 Å². The van der Waals surface area contributed by atoms with Crippen molar-refractivity contribution in [3.63, 3.8) is 0 Å². The number of carboxylic acids is 1. The van der Waals surface area contributed by atoms with Crippen LogP contribution in [0.1, 0.15) is 58.6 Å². The molecular weight excluding hydrogens is 513 g/mol. The first-order chi connectivity index (χ1) is 18.6. The largest absolute Gasteiger partial charge is 0.475 e. The fourth-order valence-corrected chi connectivity index (χ4v) is 4.52. The maximum Gasteiger partial charge on any atom is 0.416 e. The lowest BCUT2D eigenvalue weighted by atomic mass is 9.80. The van der Waals surface area contributed by atoms with Crippen molar-refractivity contribution in [2.24, 2.45) is 5.92 Å². The summed E-state index contributed by atoms with van der Waals surface area (Å²) in [5.74, 6) is -1.97. The topological polar surface area (TPSA) is 122 Å². The number of anilines is 2. The summed E-state index contributed by atoms with van der Waals surface area (Å²) in [5, 5.41) is 15.7. The molecule has 9 nitrogen and oxygen atoms in total. The van der Waals surface area contributed by atoms with Gasteiger partial charge in [-0.15, -0.1) is 0 Å². The highest BCUT2D eigenvalue weighted by Crippen LogP contribution is 2.33. The lowest BCUT2D eigenvalue weighted by Gasteiger charge is -2.32. The summed E-state index contributed by atoms with van der Waals surface area (Å²) in [7, 11) is 0. The van der Waals surface area contributed by atoms with Crippen molar-refractivity contribution in [3.05, 3.63) is 77.4 Å². The lowest BCUT2D eigenvalue weighted by molar-refractivity contribution is -0.137. The van der Waals surface area contributed by atoms with E-state index in [1.165, 1.54) is 16.7 Å². The third-order valence-electron chi connectivity index (χ3n) is 6.87. The molecule has 0 bridgehead atoms. The van der Waals surface area contributed by atoms with Crippen LogP contribution in [0.2, 0.25) is 0 Å². The number of carboxylic acid groups (broad SMARTS) is 1. The van der Waals surface area contributed by atoms with Crippen molar-refractivity contribution in [1.29, 1.82) is 0 Å². The van der Waals surface area contributed by atoms with E-state index in [4.69, 9.17) is 0 Å². The van der Waals surface area contributed by atoms with Crippen LogP contribution >= 0.6 is 0 Å². The van der Waals surface area contributed by atoms with Gasteiger partial charge in [0, 0.05) is 11.7 Å². The summed E-state index contributed by atoms with van der Waals surface area (Å²) in [6, 6.07) is 13.2. The third kappa shape index (κ3) is 5.54. The number of nitrogens with zero attached hydrogens (tertiary/aromatic N) is 4. The molecule has 4 aromatic rings. The van der Waals surface area contributed by atoms with Gasteiger partial charge in [-0.05, 0) is 55.5 Å². The van der Waals surface area contributed by atoms with E-state index in [0.29, 0.717) is 17.2 Å². The number of nitrogens with one attached hydrogen (secondary N) is 2. The molecule has 5 rings (SSSR count). The van der Waals surface area contributed by atoms with E-state index < -0.39 is 29.4 Å². The number of aromatic nitrogens is 4. The summed E-state index contributed by atoms with van der Waals surface area (Å²) in [5.41, 5.74) is 0.441. The number of imidazole rings is 1. The Balaban J connectivity index is 1.62. The van der Waals surface area contributed by atoms with E-state index in [9.17, 15) is 27.9 Å². The highest BCUT2D eigenvalue weighted by Gasteiger charge is 2.31. The van der Waals surface area contributed by atoms with E-state index in [1.807, 2.05) is 6.92 Å². The number of carbonyl (C=O) groups excluding carboxylic acids is 1.